The van der Waals surface area contributed by atoms with Gasteiger partial charge in [-0.2, -0.15) is 0 Å². The van der Waals surface area contributed by atoms with E-state index in [0.29, 0.717) is 17.2 Å². The van der Waals surface area contributed by atoms with Gasteiger partial charge in [0.1, 0.15) is 5.65 Å². The molecule has 0 radical (unpaired) electrons. The molecule has 0 bridgehead atoms. The van der Waals surface area contributed by atoms with E-state index in [1.54, 1.807) is 17.6 Å². The molecule has 0 unspecified atom stereocenters. The largest absolute Gasteiger partial charge is 0.480 e. The smallest absolute Gasteiger partial charge is 0.275 e. The van der Waals surface area contributed by atoms with E-state index in [2.05, 4.69) is 10.3 Å². The van der Waals surface area contributed by atoms with Crippen LogP contribution in [-0.2, 0) is 0 Å². The first-order chi connectivity index (χ1) is 7.27. The molecular weight excluding hydrogens is 194 g/mol. The Bertz CT molecular complexity index is 504. The number of hydrogen-bond acceptors (Lipinski definition) is 3. The Labute approximate surface area is 86.7 Å². The summed E-state index contributed by atoms with van der Waals surface area (Å²) >= 11 is 0. The molecule has 0 saturated heterocycles. The number of rotatable bonds is 2. The number of imidazole rings is 1. The summed E-state index contributed by atoms with van der Waals surface area (Å²) in [5, 5.41) is 2.52. The van der Waals surface area contributed by atoms with Gasteiger partial charge in [-0.25, -0.2) is 4.98 Å². The lowest BCUT2D eigenvalue weighted by atomic mass is 10.4. The fourth-order valence-electron chi connectivity index (χ4n) is 1.43. The molecule has 0 spiro atoms. The van der Waals surface area contributed by atoms with E-state index in [-0.39, 0.29) is 5.91 Å². The SMILES string of the molecule is CNC(=O)c1nc2ccccn2c1OC. The number of hydrogen-bond donors (Lipinski definition) is 1. The van der Waals surface area contributed by atoms with E-state index in [0.717, 1.165) is 0 Å². The summed E-state index contributed by atoms with van der Waals surface area (Å²) in [6, 6.07) is 5.52. The quantitative estimate of drug-likeness (QED) is 0.785. The molecule has 5 nitrogen and oxygen atoms in total. The Morgan fingerprint density at radius 3 is 3.00 bits per heavy atom. The number of nitrogens with zero attached hydrogens (tertiary/aromatic N) is 2. The van der Waals surface area contributed by atoms with Gasteiger partial charge in [-0.3, -0.25) is 9.20 Å². The lowest BCUT2D eigenvalue weighted by Crippen LogP contribution is -2.19. The number of carbonyl (C=O) groups is 1. The number of fused-ring (bicyclic) bond motifs is 1. The highest BCUT2D eigenvalue weighted by molar-refractivity contribution is 5.95. The van der Waals surface area contributed by atoms with Crippen LogP contribution in [0.5, 0.6) is 5.88 Å². The molecular formula is C10H11N3O2. The van der Waals surface area contributed by atoms with Crippen LogP contribution in [0.1, 0.15) is 10.5 Å². The summed E-state index contributed by atoms with van der Waals surface area (Å²) in [6.07, 6.45) is 1.80. The van der Waals surface area contributed by atoms with Gasteiger partial charge in [0.2, 0.25) is 5.88 Å². The second-order valence-corrected chi connectivity index (χ2v) is 2.98. The normalized spacial score (nSPS) is 10.3. The number of carbonyl (C=O) groups excluding carboxylic acids is 1. The Kier molecular flexibility index (Phi) is 2.29. The van der Waals surface area contributed by atoms with Gasteiger partial charge in [-0.15, -0.1) is 0 Å². The van der Waals surface area contributed by atoms with Crippen LogP contribution in [0.25, 0.3) is 5.65 Å². The fraction of sp³-hybridized carbons (Fsp3) is 0.200. The standard InChI is InChI=1S/C10H11N3O2/c1-11-9(14)8-10(15-2)13-6-4-3-5-7(13)12-8/h3-6H,1-2H3,(H,11,14). The predicted molar refractivity (Wildman–Crippen MR) is 55.1 cm³/mol. The number of amides is 1. The minimum absolute atomic E-state index is 0.254. The molecule has 0 aliphatic rings. The highest BCUT2D eigenvalue weighted by Gasteiger charge is 2.17. The minimum Gasteiger partial charge on any atom is -0.480 e. The van der Waals surface area contributed by atoms with Gasteiger partial charge in [0.25, 0.3) is 5.91 Å². The van der Waals surface area contributed by atoms with Crippen molar-refractivity contribution in [3.63, 3.8) is 0 Å². The summed E-state index contributed by atoms with van der Waals surface area (Å²) < 4.78 is 6.89. The molecule has 5 heteroatoms. The molecule has 2 aromatic heterocycles. The van der Waals surface area contributed by atoms with Crippen molar-refractivity contribution in [2.24, 2.45) is 0 Å². The predicted octanol–water partition coefficient (Wildman–Crippen LogP) is 0.703. The van der Waals surface area contributed by atoms with Gasteiger partial charge >= 0.3 is 0 Å². The van der Waals surface area contributed by atoms with Gasteiger partial charge < -0.3 is 10.1 Å². The molecule has 0 aliphatic heterocycles. The molecule has 0 fully saturated rings. The van der Waals surface area contributed by atoms with Gasteiger partial charge in [0.15, 0.2) is 5.69 Å². The maximum Gasteiger partial charge on any atom is 0.275 e. The zero-order valence-electron chi connectivity index (χ0n) is 8.52. The first-order valence-corrected chi connectivity index (χ1v) is 4.51. The highest BCUT2D eigenvalue weighted by Crippen LogP contribution is 2.19. The summed E-state index contributed by atoms with van der Waals surface area (Å²) in [7, 11) is 3.08. The van der Waals surface area contributed by atoms with Crippen LogP contribution in [-0.4, -0.2) is 29.4 Å². The van der Waals surface area contributed by atoms with Crippen molar-refractivity contribution in [2.75, 3.05) is 14.2 Å². The van der Waals surface area contributed by atoms with Gasteiger partial charge in [-0.1, -0.05) is 6.07 Å². The van der Waals surface area contributed by atoms with Crippen molar-refractivity contribution in [2.45, 2.75) is 0 Å². The van der Waals surface area contributed by atoms with Crippen molar-refractivity contribution in [1.82, 2.24) is 14.7 Å². The zero-order valence-corrected chi connectivity index (χ0v) is 8.52. The lowest BCUT2D eigenvalue weighted by molar-refractivity contribution is 0.0955. The third kappa shape index (κ3) is 1.41. The van der Waals surface area contributed by atoms with Gasteiger partial charge in [0.05, 0.1) is 7.11 Å². The third-order valence-corrected chi connectivity index (χ3v) is 2.12. The molecule has 2 heterocycles. The Morgan fingerprint density at radius 2 is 2.33 bits per heavy atom. The third-order valence-electron chi connectivity index (χ3n) is 2.12. The van der Waals surface area contributed by atoms with E-state index in [9.17, 15) is 4.79 Å². The van der Waals surface area contributed by atoms with Crippen LogP contribution in [0, 0.1) is 0 Å². The van der Waals surface area contributed by atoms with Crippen LogP contribution < -0.4 is 10.1 Å². The summed E-state index contributed by atoms with van der Waals surface area (Å²) in [4.78, 5) is 15.7. The van der Waals surface area contributed by atoms with Crippen LogP contribution in [0.4, 0.5) is 0 Å². The minimum atomic E-state index is -0.254. The summed E-state index contributed by atoms with van der Waals surface area (Å²) in [5.74, 6) is 0.195. The van der Waals surface area contributed by atoms with Gasteiger partial charge in [0, 0.05) is 13.2 Å². The second-order valence-electron chi connectivity index (χ2n) is 2.98. The van der Waals surface area contributed by atoms with Crippen LogP contribution >= 0.6 is 0 Å². The van der Waals surface area contributed by atoms with Crippen molar-refractivity contribution >= 4 is 11.6 Å². The molecule has 1 N–H and O–H groups in total. The van der Waals surface area contributed by atoms with Crippen molar-refractivity contribution < 1.29 is 9.53 Å². The molecule has 0 atom stereocenters. The highest BCUT2D eigenvalue weighted by atomic mass is 16.5. The average molecular weight is 205 g/mol. The van der Waals surface area contributed by atoms with E-state index in [1.807, 2.05) is 18.2 Å². The Morgan fingerprint density at radius 1 is 1.53 bits per heavy atom. The maximum absolute atomic E-state index is 11.5. The average Bonchev–Trinajstić information content (AvgIpc) is 2.66. The Balaban J connectivity index is 2.69. The fourth-order valence-corrected chi connectivity index (χ4v) is 1.43. The van der Waals surface area contributed by atoms with Gasteiger partial charge in [-0.05, 0) is 12.1 Å². The number of aromatic nitrogens is 2. The summed E-state index contributed by atoms with van der Waals surface area (Å²) in [5.41, 5.74) is 0.985. The molecule has 78 valence electrons. The van der Waals surface area contributed by atoms with Crippen LogP contribution in [0.3, 0.4) is 0 Å². The van der Waals surface area contributed by atoms with E-state index < -0.39 is 0 Å². The molecule has 0 aliphatic carbocycles. The van der Waals surface area contributed by atoms with Crippen molar-refractivity contribution in [1.29, 1.82) is 0 Å². The second kappa shape index (κ2) is 3.61. The monoisotopic (exact) mass is 205 g/mol. The van der Waals surface area contributed by atoms with Crippen molar-refractivity contribution in [3.8, 4) is 5.88 Å². The van der Waals surface area contributed by atoms with E-state index >= 15 is 0 Å². The molecule has 2 aromatic rings. The molecule has 15 heavy (non-hydrogen) atoms. The first kappa shape index (κ1) is 9.51. The van der Waals surface area contributed by atoms with E-state index in [4.69, 9.17) is 4.74 Å². The summed E-state index contributed by atoms with van der Waals surface area (Å²) in [6.45, 7) is 0. The van der Waals surface area contributed by atoms with E-state index in [1.165, 1.54) is 7.11 Å². The molecule has 0 saturated carbocycles. The maximum atomic E-state index is 11.5. The Hall–Kier alpha value is -2.04. The molecule has 2 rings (SSSR count). The first-order valence-electron chi connectivity index (χ1n) is 4.51. The van der Waals surface area contributed by atoms with Crippen LogP contribution in [0.15, 0.2) is 24.4 Å². The number of methoxy groups -OCH3 is 1. The van der Waals surface area contributed by atoms with Crippen LogP contribution in [0.2, 0.25) is 0 Å². The lowest BCUT2D eigenvalue weighted by Gasteiger charge is -2.01. The zero-order chi connectivity index (χ0) is 10.8. The topological polar surface area (TPSA) is 55.6 Å². The molecule has 1 amide bonds. The molecule has 0 aromatic carbocycles. The number of pyridine rings is 1. The number of nitrogens with one attached hydrogen (secondary N) is 1. The van der Waals surface area contributed by atoms with Crippen molar-refractivity contribution in [3.05, 3.63) is 30.1 Å². The number of ether oxygens (including phenoxy) is 1.